The van der Waals surface area contributed by atoms with Gasteiger partial charge in [-0.15, -0.1) is 0 Å². The number of pyridine rings is 1. The summed E-state index contributed by atoms with van der Waals surface area (Å²) in [5.41, 5.74) is 3.89. The van der Waals surface area contributed by atoms with E-state index in [-0.39, 0.29) is 11.4 Å². The molecule has 4 aromatic rings. The van der Waals surface area contributed by atoms with Crippen LogP contribution in [0.4, 0.5) is 17.6 Å². The third kappa shape index (κ3) is 4.34. The molecule has 1 atom stereocenters. The number of hydroxylamine groups is 1. The molecule has 6 nitrogen and oxygen atoms in total. The summed E-state index contributed by atoms with van der Waals surface area (Å²) in [5, 5.41) is 0. The molecule has 0 bridgehead atoms. The molecule has 3 aromatic carbocycles. The van der Waals surface area contributed by atoms with Crippen molar-refractivity contribution in [1.29, 1.82) is 0 Å². The number of carbonyl (C=O) groups is 1. The van der Waals surface area contributed by atoms with Gasteiger partial charge >= 0.3 is 12.1 Å². The molecule has 0 amide bonds. The number of alkyl halides is 3. The Balaban J connectivity index is 1.71. The number of aliphatic imine (C=N–C) groups is 1. The van der Waals surface area contributed by atoms with E-state index in [4.69, 9.17) is 9.73 Å². The average Bonchev–Trinajstić information content (AvgIpc) is 3.27. The first-order chi connectivity index (χ1) is 18.2. The maximum atomic E-state index is 14.6. The molecular weight excluding hydrogens is 502 g/mol. The normalized spacial score (nSPS) is 16.4. The van der Waals surface area contributed by atoms with E-state index in [0.29, 0.717) is 33.6 Å². The number of methoxy groups -OCH3 is 1. The number of hydrogen-bond acceptors (Lipinski definition) is 6. The lowest BCUT2D eigenvalue weighted by Gasteiger charge is -2.29. The van der Waals surface area contributed by atoms with Crippen LogP contribution < -0.4 is 10.2 Å². The van der Waals surface area contributed by atoms with Crippen LogP contribution in [0.15, 0.2) is 96.1 Å². The fraction of sp³-hybridized carbons (Fsp3) is 0.107. The summed E-state index contributed by atoms with van der Waals surface area (Å²) in [4.78, 5) is 24.3. The zero-order valence-corrected chi connectivity index (χ0v) is 19.8. The van der Waals surface area contributed by atoms with Gasteiger partial charge in [0.15, 0.2) is 5.84 Å². The first kappa shape index (κ1) is 24.9. The minimum absolute atomic E-state index is 0.0769. The quantitative estimate of drug-likeness (QED) is 0.216. The molecule has 2 heterocycles. The van der Waals surface area contributed by atoms with Crippen molar-refractivity contribution in [3.8, 4) is 16.9 Å². The first-order valence-electron chi connectivity index (χ1n) is 11.3. The summed E-state index contributed by atoms with van der Waals surface area (Å²) in [5.74, 6) is -2.55. The van der Waals surface area contributed by atoms with Crippen molar-refractivity contribution in [3.05, 3.63) is 119 Å². The van der Waals surface area contributed by atoms with E-state index in [1.165, 1.54) is 13.3 Å². The summed E-state index contributed by atoms with van der Waals surface area (Å²) in [6.07, 6.45) is -3.85. The Kier molecular flexibility index (Phi) is 6.31. The number of fused-ring (bicyclic) bond motifs is 1. The molecule has 1 aliphatic rings. The molecule has 1 aliphatic heterocycles. The van der Waals surface area contributed by atoms with E-state index in [2.05, 4.69) is 15.3 Å². The SMILES string of the molecule is COc1ccc(C2(c3cccc(-c4cccnc4F)c3)N=C(NOC(=O)C(F)(F)F)c3ccccc32)cc1. The van der Waals surface area contributed by atoms with E-state index in [1.54, 1.807) is 84.9 Å². The van der Waals surface area contributed by atoms with E-state index >= 15 is 0 Å². The number of nitrogens with one attached hydrogen (secondary N) is 1. The molecule has 1 unspecified atom stereocenters. The lowest BCUT2D eigenvalue weighted by molar-refractivity contribution is -0.203. The van der Waals surface area contributed by atoms with Gasteiger partial charge in [0.1, 0.15) is 11.3 Å². The number of rotatable bonds is 4. The molecule has 0 saturated heterocycles. The fourth-order valence-corrected chi connectivity index (χ4v) is 4.48. The number of ether oxygens (including phenoxy) is 1. The van der Waals surface area contributed by atoms with Crippen LogP contribution in [-0.2, 0) is 15.2 Å². The monoisotopic (exact) mass is 521 g/mol. The van der Waals surface area contributed by atoms with Crippen molar-refractivity contribution in [2.45, 2.75) is 11.7 Å². The highest BCUT2D eigenvalue weighted by Crippen LogP contribution is 2.47. The first-order valence-corrected chi connectivity index (χ1v) is 11.3. The second-order valence-corrected chi connectivity index (χ2v) is 8.36. The van der Waals surface area contributed by atoms with Gasteiger partial charge in [-0.25, -0.2) is 14.8 Å². The number of nitrogens with zero attached hydrogens (tertiary/aromatic N) is 2. The smallest absolute Gasteiger partial charge is 0.493 e. The van der Waals surface area contributed by atoms with Crippen LogP contribution in [-0.4, -0.2) is 30.1 Å². The lowest BCUT2D eigenvalue weighted by Crippen LogP contribution is -2.34. The summed E-state index contributed by atoms with van der Waals surface area (Å²) in [6.45, 7) is 0. The van der Waals surface area contributed by atoms with Gasteiger partial charge in [-0.1, -0.05) is 54.6 Å². The average molecular weight is 521 g/mol. The third-order valence-electron chi connectivity index (χ3n) is 6.18. The van der Waals surface area contributed by atoms with Crippen LogP contribution in [0.3, 0.4) is 0 Å². The summed E-state index contributed by atoms with van der Waals surface area (Å²) in [7, 11) is 1.52. The van der Waals surface area contributed by atoms with Crippen molar-refractivity contribution in [3.63, 3.8) is 0 Å². The Labute approximate surface area is 214 Å². The van der Waals surface area contributed by atoms with Crippen LogP contribution in [0, 0.1) is 5.95 Å². The van der Waals surface area contributed by atoms with Crippen LogP contribution in [0.2, 0.25) is 0 Å². The Hall–Kier alpha value is -4.73. The Morgan fingerprint density at radius 2 is 1.63 bits per heavy atom. The van der Waals surface area contributed by atoms with E-state index in [9.17, 15) is 22.4 Å². The summed E-state index contributed by atoms with van der Waals surface area (Å²) < 4.78 is 58.3. The molecule has 0 fully saturated rings. The Morgan fingerprint density at radius 3 is 2.34 bits per heavy atom. The zero-order valence-electron chi connectivity index (χ0n) is 19.8. The largest absolute Gasteiger partial charge is 0.497 e. The molecule has 192 valence electrons. The van der Waals surface area contributed by atoms with Crippen molar-refractivity contribution in [2.75, 3.05) is 7.11 Å². The number of aromatic nitrogens is 1. The summed E-state index contributed by atoms with van der Waals surface area (Å²) >= 11 is 0. The number of halogens is 4. The molecule has 0 saturated carbocycles. The third-order valence-corrected chi connectivity index (χ3v) is 6.18. The molecule has 10 heteroatoms. The van der Waals surface area contributed by atoms with Crippen molar-refractivity contribution >= 4 is 11.8 Å². The van der Waals surface area contributed by atoms with E-state index < -0.39 is 23.6 Å². The standard InChI is InChI=1S/C28H19F4N3O3/c1-37-20-13-11-18(12-14-20)27(19-7-4-6-17(16-19)21-9-5-15-33-24(21)29)23-10-3-2-8-22(23)25(34-27)35-38-26(36)28(30,31)32/h2-16H,1H3,(H,34,35). The van der Waals surface area contributed by atoms with Gasteiger partial charge in [0.2, 0.25) is 5.95 Å². The van der Waals surface area contributed by atoms with Crippen LogP contribution in [0.5, 0.6) is 5.75 Å². The lowest BCUT2D eigenvalue weighted by atomic mass is 9.77. The van der Waals surface area contributed by atoms with Crippen molar-refractivity contribution in [1.82, 2.24) is 10.5 Å². The maximum Gasteiger partial charge on any atom is 0.493 e. The number of hydrogen-bond donors (Lipinski definition) is 1. The summed E-state index contributed by atoms with van der Waals surface area (Å²) in [6, 6.07) is 24.1. The second kappa shape index (κ2) is 9.62. The van der Waals surface area contributed by atoms with Gasteiger partial charge < -0.3 is 9.57 Å². The highest BCUT2D eigenvalue weighted by atomic mass is 19.4. The van der Waals surface area contributed by atoms with Crippen molar-refractivity contribution in [2.24, 2.45) is 4.99 Å². The molecular formula is C28H19F4N3O3. The minimum atomic E-state index is -5.19. The van der Waals surface area contributed by atoms with Gasteiger partial charge in [-0.3, -0.25) is 0 Å². The van der Waals surface area contributed by atoms with Crippen LogP contribution in [0.1, 0.15) is 22.3 Å². The second-order valence-electron chi connectivity index (χ2n) is 8.36. The number of benzene rings is 3. The molecule has 1 N–H and O–H groups in total. The van der Waals surface area contributed by atoms with Crippen LogP contribution in [0.25, 0.3) is 11.1 Å². The van der Waals surface area contributed by atoms with Gasteiger partial charge in [0.25, 0.3) is 0 Å². The van der Waals surface area contributed by atoms with Gasteiger partial charge in [0, 0.05) is 17.3 Å². The maximum absolute atomic E-state index is 14.6. The van der Waals surface area contributed by atoms with E-state index in [0.717, 1.165) is 0 Å². The topological polar surface area (TPSA) is 72.8 Å². The van der Waals surface area contributed by atoms with E-state index in [1.807, 2.05) is 0 Å². The van der Waals surface area contributed by atoms with Gasteiger partial charge in [-0.2, -0.15) is 23.0 Å². The fourth-order valence-electron chi connectivity index (χ4n) is 4.48. The molecule has 38 heavy (non-hydrogen) atoms. The highest BCUT2D eigenvalue weighted by molar-refractivity contribution is 6.04. The number of amidine groups is 1. The highest BCUT2D eigenvalue weighted by Gasteiger charge is 2.45. The van der Waals surface area contributed by atoms with Crippen molar-refractivity contribution < 1.29 is 31.9 Å². The predicted octanol–water partition coefficient (Wildman–Crippen LogP) is 5.56. The molecule has 1 aromatic heterocycles. The molecule has 0 aliphatic carbocycles. The molecule has 0 spiro atoms. The Bertz CT molecular complexity index is 1540. The molecule has 0 radical (unpaired) electrons. The van der Waals surface area contributed by atoms with Crippen LogP contribution >= 0.6 is 0 Å². The van der Waals surface area contributed by atoms with Gasteiger partial charge in [-0.05, 0) is 52.6 Å². The molecule has 5 rings (SSSR count). The minimum Gasteiger partial charge on any atom is -0.497 e. The Morgan fingerprint density at radius 1 is 0.895 bits per heavy atom. The number of carbonyl (C=O) groups excluding carboxylic acids is 1. The van der Waals surface area contributed by atoms with Gasteiger partial charge in [0.05, 0.1) is 7.11 Å². The zero-order chi connectivity index (χ0) is 26.9. The predicted molar refractivity (Wildman–Crippen MR) is 131 cm³/mol.